The van der Waals surface area contributed by atoms with Gasteiger partial charge >= 0.3 is 0 Å². The van der Waals surface area contributed by atoms with Crippen LogP contribution in [0.5, 0.6) is 0 Å². The first-order chi connectivity index (χ1) is 8.11. The van der Waals surface area contributed by atoms with Crippen LogP contribution in [-0.2, 0) is 0 Å². The predicted octanol–water partition coefficient (Wildman–Crippen LogP) is 2.49. The molecule has 2 N–H and O–H groups in total. The van der Waals surface area contributed by atoms with Crippen molar-refractivity contribution in [1.29, 1.82) is 0 Å². The smallest absolute Gasteiger partial charge is 0.0900 e. The van der Waals surface area contributed by atoms with Crippen LogP contribution < -0.4 is 5.73 Å². The maximum atomic E-state index is 5.80. The molecule has 1 aliphatic rings. The minimum Gasteiger partial charge on any atom is -0.330 e. The van der Waals surface area contributed by atoms with Crippen LogP contribution in [0.2, 0.25) is 0 Å². The number of likely N-dealkylation sites (tertiary alicyclic amines) is 1. The highest BCUT2D eigenvalue weighted by Gasteiger charge is 2.25. The lowest BCUT2D eigenvalue weighted by Crippen LogP contribution is -2.39. The molecule has 0 spiro atoms. The number of aryl methyl sites for hydroxylation is 2. The number of nitrogens with two attached hydrogens (primary N) is 1. The van der Waals surface area contributed by atoms with Crippen LogP contribution in [-0.4, -0.2) is 29.5 Å². The zero-order valence-electron chi connectivity index (χ0n) is 11.1. The van der Waals surface area contributed by atoms with E-state index in [1.807, 2.05) is 11.3 Å². The summed E-state index contributed by atoms with van der Waals surface area (Å²) in [7, 11) is 0. The molecule has 1 fully saturated rings. The van der Waals surface area contributed by atoms with Crippen molar-refractivity contribution >= 4 is 11.3 Å². The van der Waals surface area contributed by atoms with Gasteiger partial charge in [-0.1, -0.05) is 0 Å². The van der Waals surface area contributed by atoms with Crippen LogP contribution in [0.4, 0.5) is 0 Å². The van der Waals surface area contributed by atoms with Gasteiger partial charge in [-0.3, -0.25) is 4.90 Å². The van der Waals surface area contributed by atoms with Gasteiger partial charge in [0.25, 0.3) is 0 Å². The minimum absolute atomic E-state index is 0.496. The fourth-order valence-corrected chi connectivity index (χ4v) is 3.76. The van der Waals surface area contributed by atoms with E-state index < -0.39 is 0 Å². The third-order valence-corrected chi connectivity index (χ3v) is 4.99. The molecular formula is C13H23N3S. The van der Waals surface area contributed by atoms with Gasteiger partial charge in [-0.2, -0.15) is 0 Å². The average molecular weight is 253 g/mol. The summed E-state index contributed by atoms with van der Waals surface area (Å²) >= 11 is 1.84. The molecule has 0 amide bonds. The first kappa shape index (κ1) is 13.0. The van der Waals surface area contributed by atoms with Crippen molar-refractivity contribution in [2.24, 2.45) is 11.7 Å². The second-order valence-electron chi connectivity index (χ2n) is 5.10. The Bertz CT molecular complexity index is 375. The lowest BCUT2D eigenvalue weighted by molar-refractivity contribution is 0.136. The van der Waals surface area contributed by atoms with Crippen LogP contribution in [0.3, 0.4) is 0 Å². The van der Waals surface area contributed by atoms with Crippen molar-refractivity contribution in [3.05, 3.63) is 15.6 Å². The standard InChI is InChI=1S/C13H23N3S/c1-9-13(17-11(3)15-9)10(2)16-6-4-5-12(7-14)8-16/h10,12H,4-8,14H2,1-3H3. The molecule has 0 aromatic carbocycles. The number of aromatic nitrogens is 1. The molecule has 2 rings (SSSR count). The molecule has 0 radical (unpaired) electrons. The van der Waals surface area contributed by atoms with Gasteiger partial charge in [0.1, 0.15) is 0 Å². The number of hydrogen-bond acceptors (Lipinski definition) is 4. The van der Waals surface area contributed by atoms with E-state index in [-0.39, 0.29) is 0 Å². The first-order valence-electron chi connectivity index (χ1n) is 6.50. The Hall–Kier alpha value is -0.450. The van der Waals surface area contributed by atoms with Crippen molar-refractivity contribution in [2.75, 3.05) is 19.6 Å². The summed E-state index contributed by atoms with van der Waals surface area (Å²) in [4.78, 5) is 8.53. The predicted molar refractivity (Wildman–Crippen MR) is 73.4 cm³/mol. The van der Waals surface area contributed by atoms with Gasteiger partial charge in [-0.15, -0.1) is 11.3 Å². The fourth-order valence-electron chi connectivity index (χ4n) is 2.74. The number of nitrogens with zero attached hydrogens (tertiary/aromatic N) is 2. The van der Waals surface area contributed by atoms with Gasteiger partial charge in [-0.05, 0) is 52.6 Å². The number of thiazole rings is 1. The summed E-state index contributed by atoms with van der Waals surface area (Å²) in [5, 5.41) is 1.18. The third-order valence-electron chi connectivity index (χ3n) is 3.75. The molecule has 1 aromatic heterocycles. The summed E-state index contributed by atoms with van der Waals surface area (Å²) in [5.74, 6) is 0.681. The van der Waals surface area contributed by atoms with Gasteiger partial charge < -0.3 is 5.73 Å². The van der Waals surface area contributed by atoms with Crippen LogP contribution in [0.15, 0.2) is 0 Å². The monoisotopic (exact) mass is 253 g/mol. The Morgan fingerprint density at radius 3 is 2.88 bits per heavy atom. The zero-order valence-corrected chi connectivity index (χ0v) is 11.9. The topological polar surface area (TPSA) is 42.2 Å². The average Bonchev–Trinajstić information content (AvgIpc) is 2.67. The van der Waals surface area contributed by atoms with E-state index in [0.717, 1.165) is 13.1 Å². The molecule has 3 nitrogen and oxygen atoms in total. The molecule has 1 aliphatic heterocycles. The Balaban J connectivity index is 2.08. The number of piperidine rings is 1. The van der Waals surface area contributed by atoms with Crippen LogP contribution in [0.25, 0.3) is 0 Å². The molecule has 17 heavy (non-hydrogen) atoms. The quantitative estimate of drug-likeness (QED) is 0.900. The number of hydrogen-bond donors (Lipinski definition) is 1. The molecule has 2 atom stereocenters. The highest BCUT2D eigenvalue weighted by molar-refractivity contribution is 7.11. The highest BCUT2D eigenvalue weighted by Crippen LogP contribution is 2.31. The first-order valence-corrected chi connectivity index (χ1v) is 7.31. The molecule has 0 saturated carbocycles. The summed E-state index contributed by atoms with van der Waals surface area (Å²) < 4.78 is 0. The van der Waals surface area contributed by atoms with Crippen molar-refractivity contribution in [1.82, 2.24) is 9.88 Å². The molecule has 4 heteroatoms. The van der Waals surface area contributed by atoms with E-state index >= 15 is 0 Å². The largest absolute Gasteiger partial charge is 0.330 e. The Labute approximate surface area is 108 Å². The molecule has 1 saturated heterocycles. The van der Waals surface area contributed by atoms with Gasteiger partial charge in [0, 0.05) is 17.5 Å². The fraction of sp³-hybridized carbons (Fsp3) is 0.769. The second-order valence-corrected chi connectivity index (χ2v) is 6.33. The lowest BCUT2D eigenvalue weighted by atomic mass is 9.97. The molecule has 2 heterocycles. The van der Waals surface area contributed by atoms with Gasteiger partial charge in [0.15, 0.2) is 0 Å². The van der Waals surface area contributed by atoms with Crippen LogP contribution >= 0.6 is 11.3 Å². The molecule has 96 valence electrons. The Kier molecular flexibility index (Phi) is 4.17. The van der Waals surface area contributed by atoms with E-state index in [1.54, 1.807) is 0 Å². The maximum absolute atomic E-state index is 5.80. The van der Waals surface area contributed by atoms with Crippen molar-refractivity contribution in [2.45, 2.75) is 39.7 Å². The third kappa shape index (κ3) is 2.87. The zero-order chi connectivity index (χ0) is 12.4. The van der Waals surface area contributed by atoms with E-state index in [1.165, 1.54) is 35.0 Å². The van der Waals surface area contributed by atoms with E-state index in [9.17, 15) is 0 Å². The van der Waals surface area contributed by atoms with Gasteiger partial charge in [0.2, 0.25) is 0 Å². The second kappa shape index (κ2) is 5.46. The maximum Gasteiger partial charge on any atom is 0.0900 e. The highest BCUT2D eigenvalue weighted by atomic mass is 32.1. The Morgan fingerprint density at radius 2 is 2.29 bits per heavy atom. The SMILES string of the molecule is Cc1nc(C)c(C(C)N2CCCC(CN)C2)s1. The Morgan fingerprint density at radius 1 is 1.53 bits per heavy atom. The number of rotatable bonds is 3. The van der Waals surface area contributed by atoms with Crippen molar-refractivity contribution in [3.63, 3.8) is 0 Å². The summed E-state index contributed by atoms with van der Waals surface area (Å²) in [6, 6.07) is 0.496. The minimum atomic E-state index is 0.496. The van der Waals surface area contributed by atoms with E-state index in [0.29, 0.717) is 12.0 Å². The van der Waals surface area contributed by atoms with Crippen LogP contribution in [0, 0.1) is 19.8 Å². The molecule has 0 bridgehead atoms. The summed E-state index contributed by atoms with van der Waals surface area (Å²) in [6.45, 7) is 9.69. The summed E-state index contributed by atoms with van der Waals surface area (Å²) in [6.07, 6.45) is 2.57. The van der Waals surface area contributed by atoms with Crippen molar-refractivity contribution < 1.29 is 0 Å². The molecule has 1 aromatic rings. The lowest BCUT2D eigenvalue weighted by Gasteiger charge is -2.36. The molecular weight excluding hydrogens is 230 g/mol. The van der Waals surface area contributed by atoms with Crippen LogP contribution in [0.1, 0.15) is 41.4 Å². The van der Waals surface area contributed by atoms with Gasteiger partial charge in [0.05, 0.1) is 10.7 Å². The normalized spacial score (nSPS) is 23.9. The van der Waals surface area contributed by atoms with Crippen molar-refractivity contribution in [3.8, 4) is 0 Å². The summed E-state index contributed by atoms with van der Waals surface area (Å²) in [5.41, 5.74) is 7.01. The van der Waals surface area contributed by atoms with Gasteiger partial charge in [-0.25, -0.2) is 4.98 Å². The van der Waals surface area contributed by atoms with E-state index in [4.69, 9.17) is 5.73 Å². The molecule has 2 unspecified atom stereocenters. The molecule has 0 aliphatic carbocycles. The van der Waals surface area contributed by atoms with E-state index in [2.05, 4.69) is 30.7 Å².